The Morgan fingerprint density at radius 3 is 2.84 bits per heavy atom. The largest absolute Gasteiger partial charge is 0.493 e. The fourth-order valence-electron chi connectivity index (χ4n) is 2.12. The normalized spacial score (nSPS) is 10.6. The molecular formula is C17H14BrN3O4. The number of rotatable bonds is 6. The molecule has 7 nitrogen and oxygen atoms in total. The van der Waals surface area contributed by atoms with Gasteiger partial charge in [-0.1, -0.05) is 39.3 Å². The van der Waals surface area contributed by atoms with Crippen LogP contribution >= 0.6 is 15.9 Å². The SMILES string of the molecule is O=C(CCOc1cccc(Br)c1)OCn1nnc2ccccc2c1=O. The van der Waals surface area contributed by atoms with Gasteiger partial charge in [-0.3, -0.25) is 9.59 Å². The molecule has 0 aliphatic rings. The van der Waals surface area contributed by atoms with Gasteiger partial charge in [0, 0.05) is 4.47 Å². The van der Waals surface area contributed by atoms with Crippen LogP contribution in [0.4, 0.5) is 0 Å². The van der Waals surface area contributed by atoms with Gasteiger partial charge in [-0.05, 0) is 30.3 Å². The first-order valence-corrected chi connectivity index (χ1v) is 8.29. The molecule has 0 bridgehead atoms. The lowest BCUT2D eigenvalue weighted by Gasteiger charge is -2.08. The van der Waals surface area contributed by atoms with E-state index in [1.807, 2.05) is 12.1 Å². The molecule has 0 radical (unpaired) electrons. The molecule has 128 valence electrons. The summed E-state index contributed by atoms with van der Waals surface area (Å²) in [5, 5.41) is 8.10. The van der Waals surface area contributed by atoms with Crippen molar-refractivity contribution in [3.63, 3.8) is 0 Å². The van der Waals surface area contributed by atoms with Gasteiger partial charge in [0.25, 0.3) is 5.56 Å². The molecule has 25 heavy (non-hydrogen) atoms. The second-order valence-electron chi connectivity index (χ2n) is 5.11. The van der Waals surface area contributed by atoms with E-state index in [-0.39, 0.29) is 25.3 Å². The van der Waals surface area contributed by atoms with Crippen molar-refractivity contribution in [1.82, 2.24) is 15.0 Å². The summed E-state index contributed by atoms with van der Waals surface area (Å²) >= 11 is 3.34. The minimum absolute atomic E-state index is 0.0578. The maximum atomic E-state index is 12.2. The number of ether oxygens (including phenoxy) is 2. The lowest BCUT2D eigenvalue weighted by molar-refractivity contribution is -0.148. The van der Waals surface area contributed by atoms with Crippen LogP contribution in [-0.2, 0) is 16.3 Å². The zero-order chi connectivity index (χ0) is 17.6. The molecule has 1 aromatic heterocycles. The predicted octanol–water partition coefficient (Wildman–Crippen LogP) is 2.52. The van der Waals surface area contributed by atoms with Gasteiger partial charge in [-0.25, -0.2) is 0 Å². The zero-order valence-corrected chi connectivity index (χ0v) is 14.7. The first-order chi connectivity index (χ1) is 12.1. The van der Waals surface area contributed by atoms with E-state index in [0.717, 1.165) is 9.15 Å². The van der Waals surface area contributed by atoms with Crippen molar-refractivity contribution in [2.24, 2.45) is 0 Å². The zero-order valence-electron chi connectivity index (χ0n) is 13.1. The Morgan fingerprint density at radius 2 is 2.00 bits per heavy atom. The molecule has 0 atom stereocenters. The van der Waals surface area contributed by atoms with Gasteiger partial charge < -0.3 is 9.47 Å². The number of benzene rings is 2. The third-order valence-electron chi connectivity index (χ3n) is 3.35. The molecule has 0 aliphatic carbocycles. The van der Waals surface area contributed by atoms with Crippen molar-refractivity contribution < 1.29 is 14.3 Å². The summed E-state index contributed by atoms with van der Waals surface area (Å²) in [6.45, 7) is -0.111. The van der Waals surface area contributed by atoms with Crippen LogP contribution in [0.25, 0.3) is 10.9 Å². The number of fused-ring (bicyclic) bond motifs is 1. The smallest absolute Gasteiger partial charge is 0.311 e. The second kappa shape index (κ2) is 7.89. The van der Waals surface area contributed by atoms with Crippen LogP contribution in [0.1, 0.15) is 6.42 Å². The quantitative estimate of drug-likeness (QED) is 0.588. The average molecular weight is 404 g/mol. The number of nitrogens with zero attached hydrogens (tertiary/aromatic N) is 3. The van der Waals surface area contributed by atoms with E-state index >= 15 is 0 Å². The molecule has 8 heteroatoms. The van der Waals surface area contributed by atoms with Crippen LogP contribution < -0.4 is 10.3 Å². The summed E-state index contributed by atoms with van der Waals surface area (Å²) in [4.78, 5) is 24.0. The van der Waals surface area contributed by atoms with Crippen molar-refractivity contribution >= 4 is 32.8 Å². The summed E-state index contributed by atoms with van der Waals surface area (Å²) in [5.74, 6) is 0.163. The van der Waals surface area contributed by atoms with E-state index < -0.39 is 5.97 Å². The third kappa shape index (κ3) is 4.42. The molecule has 0 N–H and O–H groups in total. The molecule has 2 aromatic carbocycles. The molecule has 1 heterocycles. The van der Waals surface area contributed by atoms with Gasteiger partial charge in [0.15, 0.2) is 6.73 Å². The molecule has 0 saturated heterocycles. The number of esters is 1. The molecule has 0 fully saturated rings. The number of halogens is 1. The number of carbonyl (C=O) groups is 1. The molecule has 0 aliphatic heterocycles. The second-order valence-corrected chi connectivity index (χ2v) is 6.03. The van der Waals surface area contributed by atoms with Gasteiger partial charge in [0.1, 0.15) is 11.3 Å². The van der Waals surface area contributed by atoms with Crippen LogP contribution in [0.5, 0.6) is 5.75 Å². The molecule has 3 aromatic rings. The number of hydrogen-bond donors (Lipinski definition) is 0. The average Bonchev–Trinajstić information content (AvgIpc) is 2.61. The van der Waals surface area contributed by atoms with Crippen LogP contribution in [0, 0.1) is 0 Å². The topological polar surface area (TPSA) is 83.3 Å². The van der Waals surface area contributed by atoms with E-state index in [4.69, 9.17) is 9.47 Å². The van der Waals surface area contributed by atoms with Crippen molar-refractivity contribution in [3.05, 3.63) is 63.4 Å². The summed E-state index contributed by atoms with van der Waals surface area (Å²) < 4.78 is 12.4. The first kappa shape index (κ1) is 17.1. The Hall–Kier alpha value is -2.74. The van der Waals surface area contributed by atoms with E-state index in [1.165, 1.54) is 0 Å². The fourth-order valence-corrected chi connectivity index (χ4v) is 2.50. The van der Waals surface area contributed by atoms with Crippen molar-refractivity contribution in [2.45, 2.75) is 13.2 Å². The number of carbonyl (C=O) groups excluding carboxylic acids is 1. The summed E-state index contributed by atoms with van der Waals surface area (Å²) in [6, 6.07) is 14.2. The van der Waals surface area contributed by atoms with Crippen LogP contribution in [0.15, 0.2) is 57.8 Å². The minimum atomic E-state index is -0.489. The van der Waals surface area contributed by atoms with Crippen molar-refractivity contribution in [3.8, 4) is 5.75 Å². The highest BCUT2D eigenvalue weighted by Crippen LogP contribution is 2.17. The molecule has 0 unspecified atom stereocenters. The summed E-state index contributed by atoms with van der Waals surface area (Å²) in [6.07, 6.45) is 0.0578. The van der Waals surface area contributed by atoms with Gasteiger partial charge in [-0.2, -0.15) is 4.68 Å². The van der Waals surface area contributed by atoms with E-state index in [9.17, 15) is 9.59 Å². The Bertz CT molecular complexity index is 958. The molecule has 0 spiro atoms. The van der Waals surface area contributed by atoms with Gasteiger partial charge in [-0.15, -0.1) is 5.10 Å². The van der Waals surface area contributed by atoms with E-state index in [1.54, 1.807) is 36.4 Å². The molecular weight excluding hydrogens is 390 g/mol. The van der Waals surface area contributed by atoms with Gasteiger partial charge >= 0.3 is 5.97 Å². The van der Waals surface area contributed by atoms with Gasteiger partial charge in [0.2, 0.25) is 0 Å². The van der Waals surface area contributed by atoms with Crippen molar-refractivity contribution in [2.75, 3.05) is 6.61 Å². The summed E-state index contributed by atoms with van der Waals surface area (Å²) in [7, 11) is 0. The summed E-state index contributed by atoms with van der Waals surface area (Å²) in [5.41, 5.74) is 0.140. The highest BCUT2D eigenvalue weighted by molar-refractivity contribution is 9.10. The Morgan fingerprint density at radius 1 is 1.16 bits per heavy atom. The highest BCUT2D eigenvalue weighted by Gasteiger charge is 2.08. The lowest BCUT2D eigenvalue weighted by atomic mass is 10.2. The van der Waals surface area contributed by atoms with E-state index in [0.29, 0.717) is 16.7 Å². The van der Waals surface area contributed by atoms with E-state index in [2.05, 4.69) is 26.2 Å². The Labute approximate surface area is 151 Å². The molecule has 0 amide bonds. The predicted molar refractivity (Wildman–Crippen MR) is 94.1 cm³/mol. The van der Waals surface area contributed by atoms with Crippen LogP contribution in [-0.4, -0.2) is 27.6 Å². The number of aromatic nitrogens is 3. The molecule has 0 saturated carbocycles. The van der Waals surface area contributed by atoms with Gasteiger partial charge in [0.05, 0.1) is 18.4 Å². The fraction of sp³-hybridized carbons (Fsp3) is 0.176. The third-order valence-corrected chi connectivity index (χ3v) is 3.84. The lowest BCUT2D eigenvalue weighted by Crippen LogP contribution is -2.26. The Kier molecular flexibility index (Phi) is 5.39. The minimum Gasteiger partial charge on any atom is -0.493 e. The number of hydrogen-bond acceptors (Lipinski definition) is 6. The molecule has 3 rings (SSSR count). The standard InChI is InChI=1S/C17H14BrN3O4/c18-12-4-3-5-13(10-12)24-9-8-16(22)25-11-21-17(23)14-6-1-2-7-15(14)19-20-21/h1-7,10H,8-9,11H2. The monoisotopic (exact) mass is 403 g/mol. The van der Waals surface area contributed by atoms with Crippen molar-refractivity contribution in [1.29, 1.82) is 0 Å². The maximum Gasteiger partial charge on any atom is 0.311 e. The first-order valence-electron chi connectivity index (χ1n) is 7.50. The maximum absolute atomic E-state index is 12.2. The highest BCUT2D eigenvalue weighted by atomic mass is 79.9. The van der Waals surface area contributed by atoms with Crippen LogP contribution in [0.3, 0.4) is 0 Å². The Balaban J connectivity index is 1.52. The van der Waals surface area contributed by atoms with Crippen LogP contribution in [0.2, 0.25) is 0 Å².